The minimum absolute atomic E-state index is 0.0544. The van der Waals surface area contributed by atoms with Gasteiger partial charge in [-0.3, -0.25) is 0 Å². The van der Waals surface area contributed by atoms with Crippen LogP contribution in [0.1, 0.15) is 16.1 Å². The molecule has 0 aliphatic carbocycles. The van der Waals surface area contributed by atoms with Crippen LogP contribution < -0.4 is 5.73 Å². The summed E-state index contributed by atoms with van der Waals surface area (Å²) in [6.07, 6.45) is 1.52. The molecule has 2 rings (SSSR count). The van der Waals surface area contributed by atoms with Crippen LogP contribution in [-0.2, 0) is 0 Å². The molecule has 15 heavy (non-hydrogen) atoms. The number of hydrogen-bond acceptors (Lipinski definition) is 4. The molecule has 0 aliphatic heterocycles. The van der Waals surface area contributed by atoms with E-state index in [0.29, 0.717) is 15.7 Å². The highest BCUT2D eigenvalue weighted by Gasteiger charge is 2.16. The molecular formula is C8H7BrN4O2. The summed E-state index contributed by atoms with van der Waals surface area (Å²) in [6.45, 7) is 1.60. The SMILES string of the molecule is Cc1c(C(=O)O)nc2c(Br)cnn2c1N. The monoisotopic (exact) mass is 270 g/mol. The molecule has 0 amide bonds. The summed E-state index contributed by atoms with van der Waals surface area (Å²) >= 11 is 3.21. The Morgan fingerprint density at radius 1 is 1.67 bits per heavy atom. The molecule has 0 atom stereocenters. The number of anilines is 1. The van der Waals surface area contributed by atoms with E-state index in [0.717, 1.165) is 0 Å². The molecule has 0 fully saturated rings. The molecule has 0 radical (unpaired) electrons. The summed E-state index contributed by atoms with van der Waals surface area (Å²) in [5, 5.41) is 12.9. The molecule has 2 aromatic heterocycles. The number of hydrogen-bond donors (Lipinski definition) is 2. The molecule has 7 heteroatoms. The van der Waals surface area contributed by atoms with Crippen LogP contribution in [0.5, 0.6) is 0 Å². The standard InChI is InChI=1S/C8H7BrN4O2/c1-3-5(8(14)15)12-7-4(9)2-11-13(7)6(3)10/h2H,10H2,1H3,(H,14,15). The van der Waals surface area contributed by atoms with Gasteiger partial charge in [0.05, 0.1) is 10.7 Å². The number of carbonyl (C=O) groups is 1. The van der Waals surface area contributed by atoms with Crippen molar-refractivity contribution in [1.29, 1.82) is 0 Å². The Labute approximate surface area is 92.9 Å². The predicted molar refractivity (Wildman–Crippen MR) is 56.8 cm³/mol. The van der Waals surface area contributed by atoms with Crippen LogP contribution in [-0.4, -0.2) is 25.7 Å². The van der Waals surface area contributed by atoms with Crippen molar-refractivity contribution in [3.05, 3.63) is 21.9 Å². The van der Waals surface area contributed by atoms with E-state index in [9.17, 15) is 4.79 Å². The lowest BCUT2D eigenvalue weighted by Gasteiger charge is -2.05. The highest BCUT2D eigenvalue weighted by Crippen LogP contribution is 2.21. The first kappa shape index (κ1) is 9.91. The number of nitrogens with zero attached hydrogens (tertiary/aromatic N) is 3. The minimum atomic E-state index is -1.10. The Kier molecular flexibility index (Phi) is 2.11. The number of aromatic nitrogens is 3. The van der Waals surface area contributed by atoms with Gasteiger partial charge in [0, 0.05) is 5.56 Å². The van der Waals surface area contributed by atoms with Gasteiger partial charge in [-0.25, -0.2) is 9.78 Å². The van der Waals surface area contributed by atoms with Crippen molar-refractivity contribution >= 4 is 33.4 Å². The summed E-state index contributed by atoms with van der Waals surface area (Å²) in [4.78, 5) is 14.9. The molecule has 2 aromatic rings. The van der Waals surface area contributed by atoms with Gasteiger partial charge in [-0.05, 0) is 22.9 Å². The van der Waals surface area contributed by atoms with E-state index in [1.807, 2.05) is 0 Å². The summed E-state index contributed by atoms with van der Waals surface area (Å²) in [5.41, 5.74) is 6.50. The normalized spacial score (nSPS) is 10.8. The maximum atomic E-state index is 10.9. The van der Waals surface area contributed by atoms with E-state index in [4.69, 9.17) is 10.8 Å². The van der Waals surface area contributed by atoms with Crippen molar-refractivity contribution in [2.45, 2.75) is 6.92 Å². The van der Waals surface area contributed by atoms with Crippen molar-refractivity contribution in [1.82, 2.24) is 14.6 Å². The van der Waals surface area contributed by atoms with E-state index in [-0.39, 0.29) is 11.5 Å². The average molecular weight is 271 g/mol. The third-order valence-electron chi connectivity index (χ3n) is 2.09. The van der Waals surface area contributed by atoms with Crippen molar-refractivity contribution < 1.29 is 9.90 Å². The number of nitrogens with two attached hydrogens (primary N) is 1. The molecule has 0 saturated heterocycles. The molecule has 78 valence electrons. The van der Waals surface area contributed by atoms with Gasteiger partial charge >= 0.3 is 5.97 Å². The molecule has 3 N–H and O–H groups in total. The molecule has 2 heterocycles. The van der Waals surface area contributed by atoms with Gasteiger partial charge in [-0.1, -0.05) is 0 Å². The second-order valence-corrected chi connectivity index (χ2v) is 3.86. The number of carboxylic acid groups (broad SMARTS) is 1. The smallest absolute Gasteiger partial charge is 0.354 e. The van der Waals surface area contributed by atoms with Crippen LogP contribution >= 0.6 is 15.9 Å². The summed E-state index contributed by atoms with van der Waals surface area (Å²) in [5.74, 6) is -0.821. The third-order valence-corrected chi connectivity index (χ3v) is 2.65. The van der Waals surface area contributed by atoms with Crippen LogP contribution in [0.3, 0.4) is 0 Å². The van der Waals surface area contributed by atoms with Gasteiger partial charge in [0.2, 0.25) is 0 Å². The Morgan fingerprint density at radius 3 is 2.93 bits per heavy atom. The summed E-state index contributed by atoms with van der Waals surface area (Å²) in [7, 11) is 0. The lowest BCUT2D eigenvalue weighted by molar-refractivity contribution is 0.0690. The summed E-state index contributed by atoms with van der Waals surface area (Å²) < 4.78 is 2.00. The fourth-order valence-electron chi connectivity index (χ4n) is 1.28. The molecule has 0 bridgehead atoms. The molecule has 6 nitrogen and oxygen atoms in total. The maximum Gasteiger partial charge on any atom is 0.354 e. The highest BCUT2D eigenvalue weighted by molar-refractivity contribution is 9.10. The first-order chi connectivity index (χ1) is 7.02. The van der Waals surface area contributed by atoms with Gasteiger partial charge < -0.3 is 10.8 Å². The molecular weight excluding hydrogens is 264 g/mol. The molecule has 0 spiro atoms. The third kappa shape index (κ3) is 1.35. The average Bonchev–Trinajstić information content (AvgIpc) is 2.53. The Morgan fingerprint density at radius 2 is 2.33 bits per heavy atom. The number of nitrogen functional groups attached to an aromatic ring is 1. The van der Waals surface area contributed by atoms with E-state index >= 15 is 0 Å². The number of carboxylic acids is 1. The van der Waals surface area contributed by atoms with Crippen molar-refractivity contribution in [3.8, 4) is 0 Å². The van der Waals surface area contributed by atoms with Gasteiger partial charge in [0.1, 0.15) is 5.82 Å². The van der Waals surface area contributed by atoms with Crippen LogP contribution in [0.15, 0.2) is 10.7 Å². The number of aromatic carboxylic acids is 1. The number of halogens is 1. The predicted octanol–water partition coefficient (Wildman–Crippen LogP) is 1.08. The second-order valence-electron chi connectivity index (χ2n) is 3.00. The maximum absolute atomic E-state index is 10.9. The van der Waals surface area contributed by atoms with Gasteiger partial charge in [-0.2, -0.15) is 9.61 Å². The zero-order valence-corrected chi connectivity index (χ0v) is 9.32. The Hall–Kier alpha value is -1.63. The van der Waals surface area contributed by atoms with Crippen molar-refractivity contribution in [3.63, 3.8) is 0 Å². The topological polar surface area (TPSA) is 93.5 Å². The largest absolute Gasteiger partial charge is 0.476 e. The zero-order chi connectivity index (χ0) is 11.2. The molecule has 0 saturated carbocycles. The van der Waals surface area contributed by atoms with E-state index < -0.39 is 5.97 Å². The summed E-state index contributed by atoms with van der Waals surface area (Å²) in [6, 6.07) is 0. The van der Waals surface area contributed by atoms with Gasteiger partial charge in [0.15, 0.2) is 11.3 Å². The van der Waals surface area contributed by atoms with Crippen molar-refractivity contribution in [2.24, 2.45) is 0 Å². The molecule has 0 aromatic carbocycles. The van der Waals surface area contributed by atoms with E-state index in [1.165, 1.54) is 10.7 Å². The van der Waals surface area contributed by atoms with Crippen LogP contribution in [0.4, 0.5) is 5.82 Å². The quantitative estimate of drug-likeness (QED) is 0.809. The van der Waals surface area contributed by atoms with Gasteiger partial charge in [-0.15, -0.1) is 0 Å². The first-order valence-electron chi connectivity index (χ1n) is 4.05. The molecule has 0 unspecified atom stereocenters. The first-order valence-corrected chi connectivity index (χ1v) is 4.84. The Bertz CT molecular complexity index is 563. The number of rotatable bonds is 1. The minimum Gasteiger partial charge on any atom is -0.476 e. The zero-order valence-electron chi connectivity index (χ0n) is 7.73. The van der Waals surface area contributed by atoms with Crippen LogP contribution in [0.2, 0.25) is 0 Å². The second kappa shape index (κ2) is 3.20. The lowest BCUT2D eigenvalue weighted by atomic mass is 10.2. The molecule has 0 aliphatic rings. The van der Waals surface area contributed by atoms with E-state index in [1.54, 1.807) is 6.92 Å². The van der Waals surface area contributed by atoms with Crippen LogP contribution in [0.25, 0.3) is 5.65 Å². The fraction of sp³-hybridized carbons (Fsp3) is 0.125. The van der Waals surface area contributed by atoms with Crippen molar-refractivity contribution in [2.75, 3.05) is 5.73 Å². The van der Waals surface area contributed by atoms with Gasteiger partial charge in [0.25, 0.3) is 0 Å². The highest BCUT2D eigenvalue weighted by atomic mass is 79.9. The fourth-order valence-corrected chi connectivity index (χ4v) is 1.63. The van der Waals surface area contributed by atoms with E-state index in [2.05, 4.69) is 26.0 Å². The number of fused-ring (bicyclic) bond motifs is 1. The van der Waals surface area contributed by atoms with Crippen LogP contribution in [0, 0.1) is 6.92 Å². The lowest BCUT2D eigenvalue weighted by Crippen LogP contribution is -2.11. The Balaban J connectivity index is 2.91.